The van der Waals surface area contributed by atoms with Crippen LogP contribution in [0.5, 0.6) is 0 Å². The summed E-state index contributed by atoms with van der Waals surface area (Å²) in [6.45, 7) is 2.09. The third kappa shape index (κ3) is 1.59. The summed E-state index contributed by atoms with van der Waals surface area (Å²) in [5.41, 5.74) is 2.11. The van der Waals surface area contributed by atoms with Crippen molar-refractivity contribution in [3.8, 4) is 5.69 Å². The lowest BCUT2D eigenvalue weighted by Gasteiger charge is -2.00. The van der Waals surface area contributed by atoms with E-state index in [-0.39, 0.29) is 0 Å². The molecule has 0 aliphatic rings. The Morgan fingerprint density at radius 3 is 2.85 bits per heavy atom. The molecule has 0 radical (unpaired) electrons. The maximum Gasteiger partial charge on any atom is 0.0828 e. The summed E-state index contributed by atoms with van der Waals surface area (Å²) in [4.78, 5) is 4.29. The molecule has 0 N–H and O–H groups in total. The summed E-state index contributed by atoms with van der Waals surface area (Å²) < 4.78 is 1.80. The highest BCUT2D eigenvalue weighted by molar-refractivity contribution is 5.28. The predicted molar refractivity (Wildman–Crippen MR) is 50.7 cm³/mol. The minimum absolute atomic E-state index is 0.972. The maximum absolute atomic E-state index is 4.29. The quantitative estimate of drug-likeness (QED) is 0.693. The fourth-order valence-electron chi connectivity index (χ4n) is 1.18. The molecule has 0 saturated heterocycles. The van der Waals surface area contributed by atoms with E-state index >= 15 is 0 Å². The van der Waals surface area contributed by atoms with E-state index in [0.29, 0.717) is 0 Å². The van der Waals surface area contributed by atoms with Crippen LogP contribution in [0.2, 0.25) is 0 Å². The van der Waals surface area contributed by atoms with Gasteiger partial charge in [-0.05, 0) is 24.6 Å². The van der Waals surface area contributed by atoms with E-state index in [9.17, 15) is 0 Å². The maximum atomic E-state index is 4.29. The third-order valence-corrected chi connectivity index (χ3v) is 1.94. The zero-order valence-electron chi connectivity index (χ0n) is 7.51. The van der Waals surface area contributed by atoms with Crippen LogP contribution in [0.3, 0.4) is 0 Å². The van der Waals surface area contributed by atoms with Crippen LogP contribution < -0.4 is 0 Å². The fraction of sp³-hybridized carbons (Fsp3) is 0.200. The second-order valence-electron chi connectivity index (χ2n) is 2.81. The van der Waals surface area contributed by atoms with Gasteiger partial charge in [-0.1, -0.05) is 6.92 Å². The van der Waals surface area contributed by atoms with Gasteiger partial charge in [0, 0.05) is 18.1 Å². The fourth-order valence-corrected chi connectivity index (χ4v) is 1.18. The first-order valence-corrected chi connectivity index (χ1v) is 4.35. The Morgan fingerprint density at radius 2 is 2.31 bits per heavy atom. The molecule has 2 rings (SSSR count). The van der Waals surface area contributed by atoms with Gasteiger partial charge in [0.2, 0.25) is 0 Å². The molecule has 2 aromatic rings. The van der Waals surface area contributed by atoms with Gasteiger partial charge in [-0.25, -0.2) is 4.68 Å². The van der Waals surface area contributed by atoms with E-state index in [2.05, 4.69) is 17.0 Å². The highest BCUT2D eigenvalue weighted by atomic mass is 15.3. The molecule has 2 heterocycles. The van der Waals surface area contributed by atoms with Gasteiger partial charge < -0.3 is 0 Å². The van der Waals surface area contributed by atoms with Gasteiger partial charge in [-0.3, -0.25) is 4.98 Å². The molecular formula is C10H11N3. The third-order valence-electron chi connectivity index (χ3n) is 1.94. The number of aromatic nitrogens is 3. The lowest BCUT2D eigenvalue weighted by Crippen LogP contribution is -1.96. The highest BCUT2D eigenvalue weighted by Gasteiger charge is 1.95. The Kier molecular flexibility index (Phi) is 2.08. The van der Waals surface area contributed by atoms with Crippen molar-refractivity contribution in [3.63, 3.8) is 0 Å². The lowest BCUT2D eigenvalue weighted by molar-refractivity contribution is 0.868. The van der Waals surface area contributed by atoms with Gasteiger partial charge >= 0.3 is 0 Å². The van der Waals surface area contributed by atoms with Crippen LogP contribution in [0.25, 0.3) is 5.69 Å². The largest absolute Gasteiger partial charge is 0.259 e. The lowest BCUT2D eigenvalue weighted by atomic mass is 10.3. The van der Waals surface area contributed by atoms with Crippen molar-refractivity contribution in [2.75, 3.05) is 0 Å². The van der Waals surface area contributed by atoms with Crippen molar-refractivity contribution in [2.45, 2.75) is 13.3 Å². The molecule has 0 bridgehead atoms. The van der Waals surface area contributed by atoms with Crippen molar-refractivity contribution in [2.24, 2.45) is 0 Å². The van der Waals surface area contributed by atoms with E-state index in [1.165, 1.54) is 0 Å². The van der Waals surface area contributed by atoms with Crippen LogP contribution in [0.4, 0.5) is 0 Å². The number of aryl methyl sites for hydroxylation is 1. The molecule has 0 aliphatic heterocycles. The molecule has 0 atom stereocenters. The summed E-state index contributed by atoms with van der Waals surface area (Å²) in [7, 11) is 0. The number of hydrogen-bond acceptors (Lipinski definition) is 2. The standard InChI is InChI=1S/C10H11N3/c1-2-9-4-5-10(8-11-9)13-7-3-6-12-13/h3-8H,2H2,1H3. The summed E-state index contributed by atoms with van der Waals surface area (Å²) in [5.74, 6) is 0. The molecule has 13 heavy (non-hydrogen) atoms. The van der Waals surface area contributed by atoms with Gasteiger partial charge in [0.05, 0.1) is 11.9 Å². The average Bonchev–Trinajstić information content (AvgIpc) is 2.71. The van der Waals surface area contributed by atoms with Crippen LogP contribution >= 0.6 is 0 Å². The van der Waals surface area contributed by atoms with Gasteiger partial charge in [-0.2, -0.15) is 5.10 Å². The molecular weight excluding hydrogens is 162 g/mol. The molecule has 0 amide bonds. The molecule has 0 aromatic carbocycles. The van der Waals surface area contributed by atoms with E-state index in [0.717, 1.165) is 17.8 Å². The van der Waals surface area contributed by atoms with Crippen molar-refractivity contribution in [1.29, 1.82) is 0 Å². The Morgan fingerprint density at radius 1 is 1.38 bits per heavy atom. The highest BCUT2D eigenvalue weighted by Crippen LogP contribution is 2.05. The monoisotopic (exact) mass is 173 g/mol. The Labute approximate surface area is 77.0 Å². The zero-order valence-corrected chi connectivity index (χ0v) is 7.51. The molecule has 0 spiro atoms. The van der Waals surface area contributed by atoms with E-state index in [1.807, 2.05) is 30.6 Å². The molecule has 0 aliphatic carbocycles. The van der Waals surface area contributed by atoms with E-state index < -0.39 is 0 Å². The Bertz CT molecular complexity index is 362. The topological polar surface area (TPSA) is 30.7 Å². The van der Waals surface area contributed by atoms with Gasteiger partial charge in [0.15, 0.2) is 0 Å². The molecule has 0 saturated carbocycles. The van der Waals surface area contributed by atoms with Crippen molar-refractivity contribution in [1.82, 2.24) is 14.8 Å². The van der Waals surface area contributed by atoms with Crippen molar-refractivity contribution >= 4 is 0 Å². The molecule has 66 valence electrons. The molecule has 3 heteroatoms. The van der Waals surface area contributed by atoms with Crippen LogP contribution in [-0.2, 0) is 6.42 Å². The summed E-state index contributed by atoms with van der Waals surface area (Å²) in [6.07, 6.45) is 6.47. The van der Waals surface area contributed by atoms with E-state index in [1.54, 1.807) is 10.9 Å². The SMILES string of the molecule is CCc1ccc(-n2cccn2)cn1. The van der Waals surface area contributed by atoms with Gasteiger partial charge in [0.25, 0.3) is 0 Å². The van der Waals surface area contributed by atoms with Gasteiger partial charge in [-0.15, -0.1) is 0 Å². The molecule has 3 nitrogen and oxygen atoms in total. The first-order valence-electron chi connectivity index (χ1n) is 4.35. The van der Waals surface area contributed by atoms with Crippen LogP contribution in [-0.4, -0.2) is 14.8 Å². The van der Waals surface area contributed by atoms with Crippen LogP contribution in [0.15, 0.2) is 36.8 Å². The summed E-state index contributed by atoms with van der Waals surface area (Å²) in [6, 6.07) is 5.95. The molecule has 0 fully saturated rings. The van der Waals surface area contributed by atoms with Crippen molar-refractivity contribution < 1.29 is 0 Å². The minimum atomic E-state index is 0.972. The number of nitrogens with zero attached hydrogens (tertiary/aromatic N) is 3. The average molecular weight is 173 g/mol. The van der Waals surface area contributed by atoms with Crippen LogP contribution in [0.1, 0.15) is 12.6 Å². The van der Waals surface area contributed by atoms with Gasteiger partial charge in [0.1, 0.15) is 0 Å². The Hall–Kier alpha value is -1.64. The predicted octanol–water partition coefficient (Wildman–Crippen LogP) is 1.83. The first-order chi connectivity index (χ1) is 6.40. The Balaban J connectivity index is 2.33. The summed E-state index contributed by atoms with van der Waals surface area (Å²) >= 11 is 0. The number of hydrogen-bond donors (Lipinski definition) is 0. The molecule has 0 unspecified atom stereocenters. The minimum Gasteiger partial charge on any atom is -0.259 e. The summed E-state index contributed by atoms with van der Waals surface area (Å²) in [5, 5.41) is 4.12. The van der Waals surface area contributed by atoms with Crippen molar-refractivity contribution in [3.05, 3.63) is 42.5 Å². The normalized spacial score (nSPS) is 10.2. The number of rotatable bonds is 2. The molecule has 2 aromatic heterocycles. The second-order valence-corrected chi connectivity index (χ2v) is 2.81. The first kappa shape index (κ1) is 7.98. The zero-order chi connectivity index (χ0) is 9.10. The number of pyridine rings is 1. The van der Waals surface area contributed by atoms with E-state index in [4.69, 9.17) is 0 Å². The smallest absolute Gasteiger partial charge is 0.0828 e. The van der Waals surface area contributed by atoms with Crippen LogP contribution in [0, 0.1) is 0 Å². The second kappa shape index (κ2) is 3.39.